The van der Waals surface area contributed by atoms with Crippen molar-refractivity contribution >= 4 is 29.6 Å². The second-order valence-electron chi connectivity index (χ2n) is 8.26. The van der Waals surface area contributed by atoms with Crippen LogP contribution in [0.2, 0.25) is 0 Å². The van der Waals surface area contributed by atoms with Gasteiger partial charge >= 0.3 is 6.03 Å². The summed E-state index contributed by atoms with van der Waals surface area (Å²) in [5.74, 6) is -1.63. The molecular formula is C28H25FN2O5. The van der Waals surface area contributed by atoms with E-state index in [4.69, 9.17) is 9.47 Å². The van der Waals surface area contributed by atoms with Crippen LogP contribution in [0.4, 0.5) is 14.9 Å². The average molecular weight is 489 g/mol. The van der Waals surface area contributed by atoms with E-state index in [9.17, 15) is 18.8 Å². The van der Waals surface area contributed by atoms with Crippen molar-refractivity contribution < 1.29 is 28.2 Å². The van der Waals surface area contributed by atoms with E-state index in [0.717, 1.165) is 11.6 Å². The van der Waals surface area contributed by atoms with Crippen molar-refractivity contribution in [3.05, 3.63) is 94.3 Å². The predicted octanol–water partition coefficient (Wildman–Crippen LogP) is 5.09. The Morgan fingerprint density at radius 1 is 0.917 bits per heavy atom. The lowest BCUT2D eigenvalue weighted by Crippen LogP contribution is -2.54. The van der Waals surface area contributed by atoms with Gasteiger partial charge in [-0.15, -0.1) is 0 Å². The number of hydrogen-bond donors (Lipinski definition) is 1. The summed E-state index contributed by atoms with van der Waals surface area (Å²) in [5.41, 5.74) is 3.28. The molecule has 1 fully saturated rings. The lowest BCUT2D eigenvalue weighted by molar-refractivity contribution is -0.122. The summed E-state index contributed by atoms with van der Waals surface area (Å²) in [6.45, 7) is 6.62. The third-order valence-corrected chi connectivity index (χ3v) is 5.74. The van der Waals surface area contributed by atoms with Crippen LogP contribution in [0.25, 0.3) is 6.08 Å². The van der Waals surface area contributed by atoms with Gasteiger partial charge in [0, 0.05) is 0 Å². The molecule has 0 aromatic heterocycles. The van der Waals surface area contributed by atoms with Crippen LogP contribution in [0.5, 0.6) is 11.5 Å². The number of rotatable bonds is 7. The van der Waals surface area contributed by atoms with Crippen LogP contribution >= 0.6 is 0 Å². The van der Waals surface area contributed by atoms with Gasteiger partial charge in [0.15, 0.2) is 11.5 Å². The Labute approximate surface area is 208 Å². The first-order chi connectivity index (χ1) is 17.3. The van der Waals surface area contributed by atoms with Crippen molar-refractivity contribution in [2.75, 3.05) is 11.5 Å². The van der Waals surface area contributed by atoms with Gasteiger partial charge in [0.25, 0.3) is 11.8 Å². The zero-order valence-corrected chi connectivity index (χ0v) is 20.1. The number of anilines is 1. The van der Waals surface area contributed by atoms with Crippen LogP contribution in [0.15, 0.2) is 66.2 Å². The molecule has 0 bridgehead atoms. The molecule has 36 heavy (non-hydrogen) atoms. The van der Waals surface area contributed by atoms with Crippen LogP contribution in [0.1, 0.15) is 29.2 Å². The van der Waals surface area contributed by atoms with Crippen molar-refractivity contribution in [1.29, 1.82) is 0 Å². The molecule has 7 nitrogen and oxygen atoms in total. The number of nitrogens with one attached hydrogen (secondary N) is 1. The van der Waals surface area contributed by atoms with Gasteiger partial charge in [-0.3, -0.25) is 14.9 Å². The highest BCUT2D eigenvalue weighted by Crippen LogP contribution is 2.31. The standard InChI is InChI=1S/C28H25FN2O5/c1-4-35-25-15-19(11-12-24(25)36-16-20-10-9-17(2)18(3)13-20)14-21-26(32)30-28(34)31(27(21)33)23-8-6-5-7-22(23)29/h5-15H,4,16H2,1-3H3,(H,30,32,34)/b21-14-. The molecule has 1 N–H and O–H groups in total. The Hall–Kier alpha value is -4.46. The first-order valence-electron chi connectivity index (χ1n) is 11.4. The summed E-state index contributed by atoms with van der Waals surface area (Å²) in [7, 11) is 0. The molecule has 1 aliphatic rings. The van der Waals surface area contributed by atoms with Gasteiger partial charge in [-0.25, -0.2) is 14.1 Å². The minimum Gasteiger partial charge on any atom is -0.490 e. The predicted molar refractivity (Wildman–Crippen MR) is 133 cm³/mol. The van der Waals surface area contributed by atoms with Crippen LogP contribution in [0, 0.1) is 19.7 Å². The van der Waals surface area contributed by atoms with E-state index < -0.39 is 23.7 Å². The maximum atomic E-state index is 14.3. The lowest BCUT2D eigenvalue weighted by Gasteiger charge is -2.26. The highest BCUT2D eigenvalue weighted by atomic mass is 19.1. The zero-order valence-electron chi connectivity index (χ0n) is 20.1. The fraction of sp³-hybridized carbons (Fsp3) is 0.179. The third kappa shape index (κ3) is 5.12. The van der Waals surface area contributed by atoms with Crippen LogP contribution < -0.4 is 19.7 Å². The van der Waals surface area contributed by atoms with E-state index in [1.807, 2.05) is 32.9 Å². The summed E-state index contributed by atoms with van der Waals surface area (Å²) >= 11 is 0. The van der Waals surface area contributed by atoms with Gasteiger partial charge in [0.1, 0.15) is 18.0 Å². The van der Waals surface area contributed by atoms with Crippen LogP contribution in [-0.2, 0) is 16.2 Å². The molecule has 1 saturated heterocycles. The lowest BCUT2D eigenvalue weighted by atomic mass is 10.1. The SMILES string of the molecule is CCOc1cc(/C=C2/C(=O)NC(=O)N(c3ccccc3F)C2=O)ccc1OCc1ccc(C)c(C)c1. The van der Waals surface area contributed by atoms with E-state index in [2.05, 4.69) is 11.4 Å². The molecule has 4 rings (SSSR count). The average Bonchev–Trinajstić information content (AvgIpc) is 2.84. The normalized spacial score (nSPS) is 14.7. The van der Waals surface area contributed by atoms with E-state index in [1.165, 1.54) is 35.4 Å². The van der Waals surface area contributed by atoms with E-state index >= 15 is 0 Å². The molecule has 0 radical (unpaired) electrons. The highest BCUT2D eigenvalue weighted by Gasteiger charge is 2.38. The fourth-order valence-corrected chi connectivity index (χ4v) is 3.73. The zero-order chi connectivity index (χ0) is 25.8. The third-order valence-electron chi connectivity index (χ3n) is 5.74. The number of hydrogen-bond acceptors (Lipinski definition) is 5. The maximum Gasteiger partial charge on any atom is 0.336 e. The second-order valence-corrected chi connectivity index (χ2v) is 8.26. The quantitative estimate of drug-likeness (QED) is 0.370. The molecule has 3 aromatic rings. The molecule has 4 amide bonds. The molecule has 1 aliphatic heterocycles. The van der Waals surface area contributed by atoms with Crippen molar-refractivity contribution in [3.63, 3.8) is 0 Å². The first kappa shape index (κ1) is 24.7. The number of halogens is 1. The highest BCUT2D eigenvalue weighted by molar-refractivity contribution is 6.39. The summed E-state index contributed by atoms with van der Waals surface area (Å²) in [4.78, 5) is 38.4. The molecule has 0 unspecified atom stereocenters. The van der Waals surface area contributed by atoms with Gasteiger partial charge in [-0.05, 0) is 73.4 Å². The van der Waals surface area contributed by atoms with Gasteiger partial charge in [-0.1, -0.05) is 36.4 Å². The number of benzene rings is 3. The van der Waals surface area contributed by atoms with Crippen molar-refractivity contribution in [2.45, 2.75) is 27.4 Å². The number of urea groups is 1. The van der Waals surface area contributed by atoms with E-state index in [0.29, 0.717) is 35.2 Å². The number of nitrogens with zero attached hydrogens (tertiary/aromatic N) is 1. The molecule has 0 saturated carbocycles. The number of imide groups is 2. The summed E-state index contributed by atoms with van der Waals surface area (Å²) < 4.78 is 26.0. The summed E-state index contributed by atoms with van der Waals surface area (Å²) in [6, 6.07) is 15.4. The molecule has 1 heterocycles. The van der Waals surface area contributed by atoms with Crippen LogP contribution in [0.3, 0.4) is 0 Å². The fourth-order valence-electron chi connectivity index (χ4n) is 3.73. The van der Waals surface area contributed by atoms with Crippen molar-refractivity contribution in [3.8, 4) is 11.5 Å². The van der Waals surface area contributed by atoms with Crippen LogP contribution in [-0.4, -0.2) is 24.5 Å². The Bertz CT molecular complexity index is 1380. The van der Waals surface area contributed by atoms with E-state index in [1.54, 1.807) is 18.2 Å². The smallest absolute Gasteiger partial charge is 0.336 e. The van der Waals surface area contributed by atoms with Gasteiger partial charge in [0.2, 0.25) is 0 Å². The molecule has 184 valence electrons. The topological polar surface area (TPSA) is 84.9 Å². The minimum absolute atomic E-state index is 0.247. The van der Waals surface area contributed by atoms with Gasteiger partial charge in [-0.2, -0.15) is 0 Å². The second kappa shape index (κ2) is 10.4. The number of para-hydroxylation sites is 1. The number of carbonyl (C=O) groups is 3. The summed E-state index contributed by atoms with van der Waals surface area (Å²) in [6.07, 6.45) is 1.33. The number of barbiturate groups is 1. The molecule has 0 aliphatic carbocycles. The number of aryl methyl sites for hydroxylation is 2. The monoisotopic (exact) mass is 488 g/mol. The molecule has 8 heteroatoms. The first-order valence-corrected chi connectivity index (χ1v) is 11.4. The summed E-state index contributed by atoms with van der Waals surface area (Å²) in [5, 5.41) is 2.09. The minimum atomic E-state index is -1.02. The maximum absolute atomic E-state index is 14.3. The Balaban J connectivity index is 1.61. The Morgan fingerprint density at radius 3 is 2.42 bits per heavy atom. The Morgan fingerprint density at radius 2 is 1.69 bits per heavy atom. The van der Waals surface area contributed by atoms with Gasteiger partial charge in [0.05, 0.1) is 12.3 Å². The number of carbonyl (C=O) groups excluding carboxylic acids is 3. The van der Waals surface area contributed by atoms with Crippen molar-refractivity contribution in [1.82, 2.24) is 5.32 Å². The Kier molecular flexibility index (Phi) is 7.15. The van der Waals surface area contributed by atoms with Crippen molar-refractivity contribution in [2.24, 2.45) is 0 Å². The molecule has 0 atom stereocenters. The van der Waals surface area contributed by atoms with E-state index in [-0.39, 0.29) is 11.3 Å². The largest absolute Gasteiger partial charge is 0.490 e. The molecule has 0 spiro atoms. The van der Waals surface area contributed by atoms with Gasteiger partial charge < -0.3 is 9.47 Å². The molecule has 3 aromatic carbocycles. The number of ether oxygens (including phenoxy) is 2. The molecular weight excluding hydrogens is 463 g/mol. The number of amides is 4.